The average molecular weight is 182 g/mol. The molecule has 0 spiro atoms. The molecule has 1 aromatic rings. The summed E-state index contributed by atoms with van der Waals surface area (Å²) in [6.07, 6.45) is 0.310. The molecular weight excluding hydrogens is 168 g/mol. The third-order valence-corrected chi connectivity index (χ3v) is 2.03. The van der Waals surface area contributed by atoms with Crippen LogP contribution < -0.4 is 11.5 Å². The second-order valence-corrected chi connectivity index (χ2v) is 3.05. The normalized spacial score (nSPS) is 15.3. The standard InChI is InChI=1S/C9H14N2O2/c1-2-9(11,13)7-5-6(10)3-4-8(7)12/h3-5,12-13H,2,10-11H2,1H3/t9-/m1/s1. The highest BCUT2D eigenvalue weighted by Crippen LogP contribution is 2.29. The minimum Gasteiger partial charge on any atom is -0.508 e. The van der Waals surface area contributed by atoms with Gasteiger partial charge in [-0.05, 0) is 24.6 Å². The minimum absolute atomic E-state index is 0.0407. The van der Waals surface area contributed by atoms with Crippen molar-refractivity contribution in [3.63, 3.8) is 0 Å². The summed E-state index contributed by atoms with van der Waals surface area (Å²) >= 11 is 0. The SMILES string of the molecule is CC[C@@](N)(O)c1cc(N)ccc1O. The highest BCUT2D eigenvalue weighted by molar-refractivity contribution is 5.49. The number of anilines is 1. The van der Waals surface area contributed by atoms with E-state index in [1.807, 2.05) is 0 Å². The third kappa shape index (κ3) is 1.91. The largest absolute Gasteiger partial charge is 0.508 e. The van der Waals surface area contributed by atoms with Gasteiger partial charge in [0.1, 0.15) is 11.5 Å². The van der Waals surface area contributed by atoms with E-state index >= 15 is 0 Å². The van der Waals surface area contributed by atoms with Crippen LogP contribution in [0, 0.1) is 0 Å². The number of phenols is 1. The first-order valence-corrected chi connectivity index (χ1v) is 4.07. The molecule has 0 heterocycles. The van der Waals surface area contributed by atoms with Crippen molar-refractivity contribution in [2.24, 2.45) is 5.73 Å². The highest BCUT2D eigenvalue weighted by atomic mass is 16.3. The fourth-order valence-electron chi connectivity index (χ4n) is 1.09. The van der Waals surface area contributed by atoms with Gasteiger partial charge in [0.15, 0.2) is 0 Å². The summed E-state index contributed by atoms with van der Waals surface area (Å²) < 4.78 is 0. The quantitative estimate of drug-likeness (QED) is 0.304. The molecule has 4 heteroatoms. The molecule has 13 heavy (non-hydrogen) atoms. The number of benzene rings is 1. The summed E-state index contributed by atoms with van der Waals surface area (Å²) in [6.45, 7) is 1.72. The first-order chi connectivity index (χ1) is 5.97. The molecule has 0 amide bonds. The van der Waals surface area contributed by atoms with Gasteiger partial charge in [0.2, 0.25) is 0 Å². The van der Waals surface area contributed by atoms with Gasteiger partial charge in [-0.2, -0.15) is 0 Å². The minimum atomic E-state index is -1.51. The van der Waals surface area contributed by atoms with Crippen molar-refractivity contribution in [2.75, 3.05) is 5.73 Å². The number of aliphatic hydroxyl groups is 1. The lowest BCUT2D eigenvalue weighted by Crippen LogP contribution is -2.35. The summed E-state index contributed by atoms with van der Waals surface area (Å²) in [5.74, 6) is -0.0407. The molecule has 0 saturated carbocycles. The Labute approximate surface area is 76.8 Å². The molecule has 0 aliphatic heterocycles. The van der Waals surface area contributed by atoms with E-state index in [1.54, 1.807) is 13.0 Å². The number of phenolic OH excluding ortho intramolecular Hbond substituents is 1. The van der Waals surface area contributed by atoms with Crippen LogP contribution >= 0.6 is 0 Å². The zero-order valence-electron chi connectivity index (χ0n) is 7.49. The van der Waals surface area contributed by atoms with Crippen molar-refractivity contribution in [2.45, 2.75) is 19.1 Å². The van der Waals surface area contributed by atoms with E-state index in [1.165, 1.54) is 12.1 Å². The van der Waals surface area contributed by atoms with E-state index in [-0.39, 0.29) is 11.3 Å². The molecule has 0 aliphatic carbocycles. The molecular formula is C9H14N2O2. The van der Waals surface area contributed by atoms with Gasteiger partial charge in [-0.15, -0.1) is 0 Å². The van der Waals surface area contributed by atoms with E-state index in [0.717, 1.165) is 0 Å². The van der Waals surface area contributed by atoms with Gasteiger partial charge in [0, 0.05) is 11.3 Å². The number of aromatic hydroxyl groups is 1. The third-order valence-electron chi connectivity index (χ3n) is 2.03. The van der Waals surface area contributed by atoms with Gasteiger partial charge < -0.3 is 15.9 Å². The lowest BCUT2D eigenvalue weighted by molar-refractivity contribution is 0.0372. The highest BCUT2D eigenvalue weighted by Gasteiger charge is 2.24. The van der Waals surface area contributed by atoms with Gasteiger partial charge >= 0.3 is 0 Å². The number of rotatable bonds is 2. The smallest absolute Gasteiger partial charge is 0.143 e. The Balaban J connectivity index is 3.20. The molecule has 1 rings (SSSR count). The van der Waals surface area contributed by atoms with Gasteiger partial charge in [0.25, 0.3) is 0 Å². The molecule has 0 saturated heterocycles. The first kappa shape index (κ1) is 9.83. The van der Waals surface area contributed by atoms with E-state index in [0.29, 0.717) is 12.1 Å². The zero-order valence-corrected chi connectivity index (χ0v) is 7.49. The monoisotopic (exact) mass is 182 g/mol. The second kappa shape index (κ2) is 3.24. The maximum Gasteiger partial charge on any atom is 0.143 e. The fraction of sp³-hybridized carbons (Fsp3) is 0.333. The Morgan fingerprint density at radius 2 is 2.08 bits per heavy atom. The molecule has 0 bridgehead atoms. The Kier molecular flexibility index (Phi) is 2.45. The predicted octanol–water partition coefficient (Wildman–Crippen LogP) is 0.488. The maximum absolute atomic E-state index is 9.66. The fourth-order valence-corrected chi connectivity index (χ4v) is 1.09. The summed E-state index contributed by atoms with van der Waals surface area (Å²) in [5.41, 5.74) is 10.3. The molecule has 1 atom stereocenters. The zero-order chi connectivity index (χ0) is 10.1. The number of hydrogen-bond donors (Lipinski definition) is 4. The van der Waals surface area contributed by atoms with E-state index in [4.69, 9.17) is 11.5 Å². The van der Waals surface area contributed by atoms with Crippen molar-refractivity contribution in [1.82, 2.24) is 0 Å². The Hall–Kier alpha value is -1.26. The molecule has 1 aromatic carbocycles. The molecule has 0 aromatic heterocycles. The van der Waals surface area contributed by atoms with Gasteiger partial charge in [-0.1, -0.05) is 6.92 Å². The van der Waals surface area contributed by atoms with E-state index in [9.17, 15) is 10.2 Å². The molecule has 0 unspecified atom stereocenters. The number of nitrogen functional groups attached to an aromatic ring is 1. The number of hydrogen-bond acceptors (Lipinski definition) is 4. The topological polar surface area (TPSA) is 92.5 Å². The van der Waals surface area contributed by atoms with Crippen LogP contribution in [-0.4, -0.2) is 10.2 Å². The molecule has 6 N–H and O–H groups in total. The van der Waals surface area contributed by atoms with Crippen molar-refractivity contribution >= 4 is 5.69 Å². The van der Waals surface area contributed by atoms with Crippen molar-refractivity contribution in [1.29, 1.82) is 0 Å². The molecule has 4 nitrogen and oxygen atoms in total. The summed E-state index contributed by atoms with van der Waals surface area (Å²) in [5, 5.41) is 19.1. The molecule has 0 radical (unpaired) electrons. The predicted molar refractivity (Wildman–Crippen MR) is 50.9 cm³/mol. The van der Waals surface area contributed by atoms with Crippen LogP contribution in [0.5, 0.6) is 5.75 Å². The van der Waals surface area contributed by atoms with Gasteiger partial charge in [0.05, 0.1) is 0 Å². The lowest BCUT2D eigenvalue weighted by Gasteiger charge is -2.22. The first-order valence-electron chi connectivity index (χ1n) is 4.07. The van der Waals surface area contributed by atoms with Crippen LogP contribution in [0.25, 0.3) is 0 Å². The second-order valence-electron chi connectivity index (χ2n) is 3.05. The van der Waals surface area contributed by atoms with Crippen molar-refractivity contribution < 1.29 is 10.2 Å². The van der Waals surface area contributed by atoms with Crippen LogP contribution in [0.3, 0.4) is 0 Å². The van der Waals surface area contributed by atoms with Crippen LogP contribution in [0.4, 0.5) is 5.69 Å². The Morgan fingerprint density at radius 1 is 1.46 bits per heavy atom. The lowest BCUT2D eigenvalue weighted by atomic mass is 9.99. The Morgan fingerprint density at radius 3 is 2.62 bits per heavy atom. The molecule has 0 fully saturated rings. The number of nitrogens with two attached hydrogens (primary N) is 2. The van der Waals surface area contributed by atoms with E-state index < -0.39 is 5.72 Å². The van der Waals surface area contributed by atoms with Crippen LogP contribution in [-0.2, 0) is 5.72 Å². The molecule has 0 aliphatic rings. The molecule has 72 valence electrons. The summed E-state index contributed by atoms with van der Waals surface area (Å²) in [7, 11) is 0. The summed E-state index contributed by atoms with van der Waals surface area (Å²) in [4.78, 5) is 0. The van der Waals surface area contributed by atoms with Gasteiger partial charge in [-0.3, -0.25) is 5.73 Å². The van der Waals surface area contributed by atoms with Crippen LogP contribution in [0.15, 0.2) is 18.2 Å². The summed E-state index contributed by atoms with van der Waals surface area (Å²) in [6, 6.07) is 4.43. The van der Waals surface area contributed by atoms with E-state index in [2.05, 4.69) is 0 Å². The van der Waals surface area contributed by atoms with Crippen molar-refractivity contribution in [3.8, 4) is 5.75 Å². The van der Waals surface area contributed by atoms with Crippen molar-refractivity contribution in [3.05, 3.63) is 23.8 Å². The van der Waals surface area contributed by atoms with Crippen LogP contribution in [0.2, 0.25) is 0 Å². The average Bonchev–Trinajstić information content (AvgIpc) is 2.09. The van der Waals surface area contributed by atoms with Crippen LogP contribution in [0.1, 0.15) is 18.9 Å². The maximum atomic E-state index is 9.66. The Bertz CT molecular complexity index is 310. The van der Waals surface area contributed by atoms with Gasteiger partial charge in [-0.25, -0.2) is 0 Å².